The topological polar surface area (TPSA) is 93.7 Å². The number of hydrogen-bond acceptors (Lipinski definition) is 8. The van der Waals surface area contributed by atoms with Crippen LogP contribution in [-0.4, -0.2) is 83.8 Å². The van der Waals surface area contributed by atoms with E-state index in [2.05, 4.69) is 20.9 Å². The summed E-state index contributed by atoms with van der Waals surface area (Å²) >= 11 is 3.03. The summed E-state index contributed by atoms with van der Waals surface area (Å²) in [7, 11) is 2.95. The molecule has 10 nitrogen and oxygen atoms in total. The molecule has 2 saturated heterocycles. The molecule has 3 aromatic carbocycles. The molecule has 4 heterocycles. The lowest BCUT2D eigenvalue weighted by atomic mass is 9.95. The summed E-state index contributed by atoms with van der Waals surface area (Å²) in [5.74, 6) is -3.49. The van der Waals surface area contributed by atoms with Crippen LogP contribution >= 0.6 is 15.9 Å². The van der Waals surface area contributed by atoms with Gasteiger partial charge in [-0.3, -0.25) is 4.79 Å². The summed E-state index contributed by atoms with van der Waals surface area (Å²) in [4.78, 5) is 35.3. The van der Waals surface area contributed by atoms with Crippen LogP contribution in [0.15, 0.2) is 59.1 Å². The molecule has 2 unspecified atom stereocenters. The first-order chi connectivity index (χ1) is 28.2. The monoisotopic (exact) mass is 908 g/mol. The van der Waals surface area contributed by atoms with Gasteiger partial charge in [0.05, 0.1) is 48.1 Å². The fraction of sp³-hybridized carbons (Fsp3) is 0.405. The highest BCUT2D eigenvalue weighted by molar-refractivity contribution is 9.10. The molecule has 0 radical (unpaired) electrons. The van der Waals surface area contributed by atoms with Crippen LogP contribution in [-0.2, 0) is 24.0 Å². The van der Waals surface area contributed by atoms with E-state index in [1.165, 1.54) is 24.0 Å². The third kappa shape index (κ3) is 7.89. The first-order valence-corrected chi connectivity index (χ1v) is 19.6. The number of benzene rings is 3. The number of aromatic nitrogens is 1. The number of alkyl halides is 5. The molecule has 7 rings (SSSR count). The van der Waals surface area contributed by atoms with E-state index in [1.54, 1.807) is 69.3 Å². The Labute approximate surface area is 349 Å². The van der Waals surface area contributed by atoms with Gasteiger partial charge in [-0.2, -0.15) is 13.2 Å². The van der Waals surface area contributed by atoms with E-state index in [4.69, 9.17) is 18.9 Å². The normalized spacial score (nSPS) is 19.8. The van der Waals surface area contributed by atoms with Gasteiger partial charge in [-0.25, -0.2) is 27.3 Å². The summed E-state index contributed by atoms with van der Waals surface area (Å²) in [5.41, 5.74) is -5.12. The van der Waals surface area contributed by atoms with Crippen molar-refractivity contribution in [2.24, 2.45) is 0 Å². The van der Waals surface area contributed by atoms with E-state index < -0.39 is 104 Å². The minimum atomic E-state index is -5.28. The lowest BCUT2D eigenvalue weighted by Gasteiger charge is -2.42. The van der Waals surface area contributed by atoms with Crippen molar-refractivity contribution >= 4 is 33.6 Å². The summed E-state index contributed by atoms with van der Waals surface area (Å²) in [6.45, 7) is 5.62. The number of anilines is 1. The van der Waals surface area contributed by atoms with Crippen LogP contribution < -0.4 is 19.1 Å². The zero-order valence-electron chi connectivity index (χ0n) is 33.2. The van der Waals surface area contributed by atoms with Gasteiger partial charge in [-0.1, -0.05) is 24.3 Å². The molecule has 3 aliphatic heterocycles. The first kappa shape index (κ1) is 42.8. The second-order valence-electron chi connectivity index (χ2n) is 15.8. The fourth-order valence-corrected chi connectivity index (χ4v) is 8.71. The SMILES string of the molecule is COc1ccc(CN(Cc2ccc(OC)cc2)c2cc(-c3nc4c(c(Br)c3F)C(=O)N3C(C(C(F)F)O4)[C@@H]4C[C@H]3CN4C(=O)OC(C)(C)C)c(C(F)(F)F)c(C)c2F)cc1. The smallest absolute Gasteiger partial charge is 0.417 e. The number of pyridine rings is 1. The summed E-state index contributed by atoms with van der Waals surface area (Å²) in [6, 6.07) is 11.0. The largest absolute Gasteiger partial charge is 0.497 e. The summed E-state index contributed by atoms with van der Waals surface area (Å²) in [5, 5.41) is 0. The Morgan fingerprint density at radius 2 is 1.53 bits per heavy atom. The molecule has 4 atom stereocenters. The van der Waals surface area contributed by atoms with Gasteiger partial charge in [0, 0.05) is 25.2 Å². The van der Waals surface area contributed by atoms with Crippen LogP contribution in [0.5, 0.6) is 17.4 Å². The van der Waals surface area contributed by atoms with Crippen LogP contribution in [0.1, 0.15) is 59.8 Å². The number of hydrogen-bond donors (Lipinski definition) is 0. The first-order valence-electron chi connectivity index (χ1n) is 18.8. The van der Waals surface area contributed by atoms with Crippen molar-refractivity contribution in [3.8, 4) is 28.6 Å². The van der Waals surface area contributed by atoms with Crippen LogP contribution in [0.25, 0.3) is 11.3 Å². The molecule has 2 amide bonds. The molecule has 60 heavy (non-hydrogen) atoms. The van der Waals surface area contributed by atoms with Gasteiger partial charge in [-0.05, 0) is 97.1 Å². The Balaban J connectivity index is 1.37. The maximum atomic E-state index is 16.8. The number of halogens is 8. The van der Waals surface area contributed by atoms with Gasteiger partial charge in [0.1, 0.15) is 34.2 Å². The molecule has 0 saturated carbocycles. The molecule has 0 aliphatic carbocycles. The maximum absolute atomic E-state index is 16.8. The van der Waals surface area contributed by atoms with E-state index in [0.29, 0.717) is 22.6 Å². The van der Waals surface area contributed by atoms with Crippen LogP contribution in [0.2, 0.25) is 0 Å². The van der Waals surface area contributed by atoms with E-state index in [-0.39, 0.29) is 31.7 Å². The van der Waals surface area contributed by atoms with Crippen molar-refractivity contribution in [3.05, 3.63) is 98.5 Å². The lowest BCUT2D eigenvalue weighted by molar-refractivity contribution is -0.137. The van der Waals surface area contributed by atoms with Gasteiger partial charge < -0.3 is 33.6 Å². The number of rotatable bonds is 9. The maximum Gasteiger partial charge on any atom is 0.417 e. The lowest BCUT2D eigenvalue weighted by Crippen LogP contribution is -2.62. The summed E-state index contributed by atoms with van der Waals surface area (Å²) < 4.78 is 130. The average molecular weight is 910 g/mol. The highest BCUT2D eigenvalue weighted by Crippen LogP contribution is 2.49. The quantitative estimate of drug-likeness (QED) is 0.154. The van der Waals surface area contributed by atoms with Crippen molar-refractivity contribution in [2.75, 3.05) is 25.7 Å². The molecule has 1 aromatic heterocycles. The third-order valence-corrected chi connectivity index (χ3v) is 11.6. The molecule has 2 bridgehead atoms. The number of carbonyl (C=O) groups excluding carboxylic acids is 2. The average Bonchev–Trinajstić information content (AvgIpc) is 3.74. The van der Waals surface area contributed by atoms with Gasteiger partial charge in [0.15, 0.2) is 11.9 Å². The fourth-order valence-electron chi connectivity index (χ4n) is 8.18. The Kier molecular flexibility index (Phi) is 11.4. The van der Waals surface area contributed by atoms with Gasteiger partial charge >= 0.3 is 12.3 Å². The van der Waals surface area contributed by atoms with E-state index in [0.717, 1.165) is 17.9 Å². The Hall–Kier alpha value is -5.26. The van der Waals surface area contributed by atoms with Crippen LogP contribution in [0, 0.1) is 18.6 Å². The highest BCUT2D eigenvalue weighted by Gasteiger charge is 2.61. The van der Waals surface area contributed by atoms with Crippen molar-refractivity contribution in [1.29, 1.82) is 0 Å². The van der Waals surface area contributed by atoms with Crippen molar-refractivity contribution in [1.82, 2.24) is 14.8 Å². The Bertz CT molecular complexity index is 2260. The number of ether oxygens (including phenoxy) is 4. The minimum absolute atomic E-state index is 0.0471. The number of nitrogens with zero attached hydrogens (tertiary/aromatic N) is 4. The molecular weight excluding hydrogens is 869 g/mol. The van der Waals surface area contributed by atoms with E-state index in [9.17, 15) is 9.59 Å². The standard InChI is InChI=1S/C42H40BrF7N4O6/c1-20-30(42(48,49)50)26(16-27(32(20)44)52(17-21-7-11-24(57-5)12-8-21)18-22-9-13-25(58-6)14-10-22)34-33(45)31(43)29-38(51-34)59-36(37(46)47)35-28-15-23(54(35)39(29)55)19-53(28)40(56)60-41(2,3)4/h7-14,16,23,28,35-37H,15,17-19H2,1-6H3/t23-,28-,35?,36?/m0/s1. The van der Waals surface area contributed by atoms with Crippen molar-refractivity contribution in [3.63, 3.8) is 0 Å². The predicted molar refractivity (Wildman–Crippen MR) is 208 cm³/mol. The van der Waals surface area contributed by atoms with Gasteiger partial charge in [0.25, 0.3) is 12.3 Å². The number of piperazine rings is 1. The molecule has 3 aliphatic rings. The molecule has 18 heteroatoms. The van der Waals surface area contributed by atoms with Crippen LogP contribution in [0.4, 0.5) is 41.2 Å². The van der Waals surface area contributed by atoms with Gasteiger partial charge in [0.2, 0.25) is 5.88 Å². The molecule has 4 aromatic rings. The number of fused-ring (bicyclic) bond motifs is 6. The second kappa shape index (κ2) is 16.0. The number of amides is 2. The van der Waals surface area contributed by atoms with E-state index >= 15 is 30.7 Å². The van der Waals surface area contributed by atoms with Crippen LogP contribution in [0.3, 0.4) is 0 Å². The van der Waals surface area contributed by atoms with Gasteiger partial charge in [-0.15, -0.1) is 0 Å². The minimum Gasteiger partial charge on any atom is -0.497 e. The number of likely N-dealkylation sites (tertiary alicyclic amines) is 1. The van der Waals surface area contributed by atoms with Crippen molar-refractivity contribution in [2.45, 2.75) is 89.6 Å². The summed E-state index contributed by atoms with van der Waals surface area (Å²) in [6.07, 6.45) is -11.4. The Morgan fingerprint density at radius 1 is 0.967 bits per heavy atom. The third-order valence-electron chi connectivity index (χ3n) is 10.8. The molecular formula is C42H40BrF7N4O6. The molecule has 0 spiro atoms. The predicted octanol–water partition coefficient (Wildman–Crippen LogP) is 9.57. The zero-order chi connectivity index (χ0) is 43.6. The molecule has 0 N–H and O–H groups in total. The molecule has 320 valence electrons. The highest BCUT2D eigenvalue weighted by atomic mass is 79.9. The second-order valence-corrected chi connectivity index (χ2v) is 16.6. The Morgan fingerprint density at radius 3 is 2.03 bits per heavy atom. The van der Waals surface area contributed by atoms with Crippen molar-refractivity contribution < 1.29 is 59.3 Å². The zero-order valence-corrected chi connectivity index (χ0v) is 34.8. The number of methoxy groups -OCH3 is 2. The molecule has 2 fully saturated rings. The number of carbonyl (C=O) groups is 2. The van der Waals surface area contributed by atoms with E-state index in [1.807, 2.05) is 0 Å².